The molecule has 0 saturated heterocycles. The van der Waals surface area contributed by atoms with E-state index in [0.717, 1.165) is 16.7 Å². The Bertz CT molecular complexity index is 1220. The molecule has 4 aromatic rings. The van der Waals surface area contributed by atoms with Crippen LogP contribution in [0.3, 0.4) is 0 Å². The summed E-state index contributed by atoms with van der Waals surface area (Å²) >= 11 is 0. The van der Waals surface area contributed by atoms with E-state index in [-0.39, 0.29) is 11.5 Å². The average Bonchev–Trinajstić information content (AvgIpc) is 3.19. The van der Waals surface area contributed by atoms with Gasteiger partial charge in [-0.25, -0.2) is 13.4 Å². The number of oxazole rings is 1. The van der Waals surface area contributed by atoms with Crippen molar-refractivity contribution in [2.45, 2.75) is 18.1 Å². The third-order valence-electron chi connectivity index (χ3n) is 4.60. The van der Waals surface area contributed by atoms with Gasteiger partial charge in [-0.2, -0.15) is 0 Å². The molecule has 0 atom stereocenters. The zero-order chi connectivity index (χ0) is 21.0. The summed E-state index contributed by atoms with van der Waals surface area (Å²) in [4.78, 5) is 4.91. The van der Waals surface area contributed by atoms with Gasteiger partial charge >= 0.3 is 0 Å². The van der Waals surface area contributed by atoms with Crippen LogP contribution in [-0.4, -0.2) is 19.7 Å². The van der Waals surface area contributed by atoms with E-state index >= 15 is 0 Å². The highest BCUT2D eigenvalue weighted by molar-refractivity contribution is 7.90. The number of sulfone groups is 1. The fourth-order valence-corrected chi connectivity index (χ4v) is 3.73. The van der Waals surface area contributed by atoms with Gasteiger partial charge in [0.15, 0.2) is 15.6 Å². The number of nitrogens with zero attached hydrogens (tertiary/aromatic N) is 1. The smallest absolute Gasteiger partial charge is 0.221 e. The number of rotatable bonds is 7. The van der Waals surface area contributed by atoms with Crippen molar-refractivity contribution in [3.8, 4) is 22.6 Å². The predicted octanol–water partition coefficient (Wildman–Crippen LogP) is 5.13. The third kappa shape index (κ3) is 4.67. The Morgan fingerprint density at radius 1 is 0.800 bits per heavy atom. The number of benzene rings is 3. The molecule has 0 amide bonds. The molecule has 0 aliphatic rings. The zero-order valence-corrected chi connectivity index (χ0v) is 17.3. The summed E-state index contributed by atoms with van der Waals surface area (Å²) in [5.74, 6) is 1.05. The summed E-state index contributed by atoms with van der Waals surface area (Å²) in [6.45, 7) is 0.693. The minimum absolute atomic E-state index is 0.232. The average molecular weight is 420 g/mol. The second-order valence-corrected chi connectivity index (χ2v) is 8.94. The molecule has 0 aliphatic carbocycles. The van der Waals surface area contributed by atoms with Gasteiger partial charge < -0.3 is 9.15 Å². The molecule has 0 saturated carbocycles. The van der Waals surface area contributed by atoms with E-state index in [0.29, 0.717) is 24.0 Å². The van der Waals surface area contributed by atoms with Crippen LogP contribution in [0.15, 0.2) is 94.2 Å². The lowest BCUT2D eigenvalue weighted by Crippen LogP contribution is -1.96. The standard InChI is InChI=1S/C24H21NO4S/c1-30(26,27)21-14-12-20(13-15-21)24-23(19-10-6-3-7-11-19)25-22(29-24)17-28-16-18-8-4-2-5-9-18/h2-15H,16-17H2,1H3. The first kappa shape index (κ1) is 20.1. The second-order valence-electron chi connectivity index (χ2n) is 6.93. The summed E-state index contributed by atoms with van der Waals surface area (Å²) in [5.41, 5.74) is 3.44. The van der Waals surface area contributed by atoms with Crippen molar-refractivity contribution < 1.29 is 17.6 Å². The zero-order valence-electron chi connectivity index (χ0n) is 16.5. The lowest BCUT2D eigenvalue weighted by molar-refractivity contribution is 0.0900. The van der Waals surface area contributed by atoms with Crippen LogP contribution in [0.1, 0.15) is 11.5 Å². The van der Waals surface area contributed by atoms with Crippen LogP contribution in [-0.2, 0) is 27.8 Å². The Hall–Kier alpha value is -3.22. The molecule has 0 bridgehead atoms. The lowest BCUT2D eigenvalue weighted by atomic mass is 10.1. The fraction of sp³-hybridized carbons (Fsp3) is 0.125. The van der Waals surface area contributed by atoms with Gasteiger partial charge in [-0.1, -0.05) is 60.7 Å². The van der Waals surface area contributed by atoms with Crippen molar-refractivity contribution in [3.63, 3.8) is 0 Å². The normalized spacial score (nSPS) is 11.5. The molecular formula is C24H21NO4S. The Labute approximate surface area is 175 Å². The molecule has 3 aromatic carbocycles. The highest BCUT2D eigenvalue weighted by Gasteiger charge is 2.18. The largest absolute Gasteiger partial charge is 0.437 e. The molecule has 0 fully saturated rings. The lowest BCUT2D eigenvalue weighted by Gasteiger charge is -2.03. The van der Waals surface area contributed by atoms with Crippen LogP contribution in [0, 0.1) is 0 Å². The van der Waals surface area contributed by atoms with Crippen LogP contribution in [0.25, 0.3) is 22.6 Å². The second kappa shape index (κ2) is 8.65. The highest BCUT2D eigenvalue weighted by atomic mass is 32.2. The van der Waals surface area contributed by atoms with E-state index in [1.54, 1.807) is 24.3 Å². The minimum atomic E-state index is -3.26. The number of hydrogen-bond acceptors (Lipinski definition) is 5. The molecule has 0 radical (unpaired) electrons. The number of hydrogen-bond donors (Lipinski definition) is 0. The first-order chi connectivity index (χ1) is 14.5. The SMILES string of the molecule is CS(=O)(=O)c1ccc(-c2oc(COCc3ccccc3)nc2-c2ccccc2)cc1. The molecule has 152 valence electrons. The Kier molecular flexibility index (Phi) is 5.79. The summed E-state index contributed by atoms with van der Waals surface area (Å²) in [5, 5.41) is 0. The third-order valence-corrected chi connectivity index (χ3v) is 5.73. The van der Waals surface area contributed by atoms with Crippen LogP contribution < -0.4 is 0 Å². The Morgan fingerprint density at radius 3 is 2.07 bits per heavy atom. The van der Waals surface area contributed by atoms with Crippen molar-refractivity contribution in [1.82, 2.24) is 4.98 Å². The fourth-order valence-electron chi connectivity index (χ4n) is 3.10. The molecule has 0 unspecified atom stereocenters. The molecule has 0 aliphatic heterocycles. The van der Waals surface area contributed by atoms with Gasteiger partial charge in [0.2, 0.25) is 5.89 Å². The molecule has 1 aromatic heterocycles. The molecule has 30 heavy (non-hydrogen) atoms. The summed E-state index contributed by atoms with van der Waals surface area (Å²) in [6, 6.07) is 26.3. The van der Waals surface area contributed by atoms with Crippen molar-refractivity contribution in [3.05, 3.63) is 96.4 Å². The van der Waals surface area contributed by atoms with E-state index in [1.165, 1.54) is 6.26 Å². The number of aromatic nitrogens is 1. The highest BCUT2D eigenvalue weighted by Crippen LogP contribution is 2.33. The van der Waals surface area contributed by atoms with Crippen molar-refractivity contribution in [2.75, 3.05) is 6.26 Å². The predicted molar refractivity (Wildman–Crippen MR) is 115 cm³/mol. The monoisotopic (exact) mass is 419 g/mol. The summed E-state index contributed by atoms with van der Waals surface area (Å²) < 4.78 is 35.3. The van der Waals surface area contributed by atoms with Crippen molar-refractivity contribution in [2.24, 2.45) is 0 Å². The molecule has 4 rings (SSSR count). The maximum atomic E-state index is 11.8. The Morgan fingerprint density at radius 2 is 1.43 bits per heavy atom. The van der Waals surface area contributed by atoms with E-state index < -0.39 is 9.84 Å². The summed E-state index contributed by atoms with van der Waals surface area (Å²) in [6.07, 6.45) is 1.19. The van der Waals surface area contributed by atoms with Crippen LogP contribution in [0.5, 0.6) is 0 Å². The van der Waals surface area contributed by atoms with Crippen molar-refractivity contribution in [1.29, 1.82) is 0 Å². The van der Waals surface area contributed by atoms with Crippen molar-refractivity contribution >= 4 is 9.84 Å². The van der Waals surface area contributed by atoms with E-state index in [2.05, 4.69) is 4.98 Å². The van der Waals surface area contributed by atoms with E-state index in [1.807, 2.05) is 60.7 Å². The van der Waals surface area contributed by atoms with Crippen LogP contribution >= 0.6 is 0 Å². The number of ether oxygens (including phenoxy) is 1. The molecule has 0 N–H and O–H groups in total. The summed E-state index contributed by atoms with van der Waals surface area (Å²) in [7, 11) is -3.26. The topological polar surface area (TPSA) is 69.4 Å². The van der Waals surface area contributed by atoms with E-state index in [4.69, 9.17) is 9.15 Å². The van der Waals surface area contributed by atoms with Crippen LogP contribution in [0.2, 0.25) is 0 Å². The van der Waals surface area contributed by atoms with Gasteiger partial charge in [-0.15, -0.1) is 0 Å². The van der Waals surface area contributed by atoms with Gasteiger partial charge in [0, 0.05) is 17.4 Å². The van der Waals surface area contributed by atoms with Crippen LogP contribution in [0.4, 0.5) is 0 Å². The van der Waals surface area contributed by atoms with Gasteiger partial charge in [-0.05, 0) is 29.8 Å². The first-order valence-electron chi connectivity index (χ1n) is 9.48. The molecule has 6 heteroatoms. The van der Waals surface area contributed by atoms with Gasteiger partial charge in [0.05, 0.1) is 11.5 Å². The molecule has 1 heterocycles. The maximum Gasteiger partial charge on any atom is 0.221 e. The van der Waals surface area contributed by atoms with Gasteiger partial charge in [-0.3, -0.25) is 0 Å². The first-order valence-corrected chi connectivity index (χ1v) is 11.4. The Balaban J connectivity index is 1.63. The van der Waals surface area contributed by atoms with Gasteiger partial charge in [0.1, 0.15) is 12.3 Å². The van der Waals surface area contributed by atoms with E-state index in [9.17, 15) is 8.42 Å². The van der Waals surface area contributed by atoms with Gasteiger partial charge in [0.25, 0.3) is 0 Å². The quantitative estimate of drug-likeness (QED) is 0.415. The molecule has 0 spiro atoms. The minimum Gasteiger partial charge on any atom is -0.437 e. The maximum absolute atomic E-state index is 11.8. The molecule has 5 nitrogen and oxygen atoms in total. The molecular weight excluding hydrogens is 398 g/mol.